The second-order valence-corrected chi connectivity index (χ2v) is 4.98. The van der Waals surface area contributed by atoms with Crippen molar-refractivity contribution >= 4 is 5.97 Å². The maximum Gasteiger partial charge on any atom is 0.335 e. The average Bonchev–Trinajstić information content (AvgIpc) is 2.50. The number of ether oxygens (including phenoxy) is 2. The van der Waals surface area contributed by atoms with Crippen molar-refractivity contribution < 1.29 is 19.4 Å². The molecule has 1 rings (SSSR count). The second kappa shape index (κ2) is 6.97. The van der Waals surface area contributed by atoms with Crippen molar-refractivity contribution in [2.45, 2.75) is 64.1 Å². The van der Waals surface area contributed by atoms with Crippen molar-refractivity contribution in [3.05, 3.63) is 0 Å². The molecule has 0 aromatic carbocycles. The van der Waals surface area contributed by atoms with Gasteiger partial charge in [0.1, 0.15) is 0 Å². The molecule has 0 heterocycles. The summed E-state index contributed by atoms with van der Waals surface area (Å²) in [6, 6.07) is 0. The third-order valence-corrected chi connectivity index (χ3v) is 3.21. The predicted octanol–water partition coefficient (Wildman–Crippen LogP) is 2.61. The van der Waals surface area contributed by atoms with E-state index in [0.717, 1.165) is 25.7 Å². The number of rotatable bonds is 6. The minimum atomic E-state index is -0.961. The number of aliphatic carboxylic acids is 1. The summed E-state index contributed by atoms with van der Waals surface area (Å²) in [4.78, 5) is 11.4. The van der Waals surface area contributed by atoms with Gasteiger partial charge in [0, 0.05) is 0 Å². The monoisotopic (exact) mass is 244 g/mol. The molecule has 1 saturated carbocycles. The summed E-state index contributed by atoms with van der Waals surface area (Å²) in [5.74, 6) is -0.816. The van der Waals surface area contributed by atoms with E-state index in [1.54, 1.807) is 0 Å². The quantitative estimate of drug-likeness (QED) is 0.576. The fourth-order valence-corrected chi connectivity index (χ4v) is 2.24. The number of hydrogen-bond acceptors (Lipinski definition) is 3. The average molecular weight is 244 g/mol. The first-order valence-electron chi connectivity index (χ1n) is 6.56. The zero-order valence-corrected chi connectivity index (χ0v) is 10.9. The van der Waals surface area contributed by atoms with Gasteiger partial charge in [0.25, 0.3) is 0 Å². The van der Waals surface area contributed by atoms with Crippen LogP contribution in [-0.4, -0.2) is 36.0 Å². The van der Waals surface area contributed by atoms with Gasteiger partial charge in [-0.25, -0.2) is 4.79 Å². The van der Waals surface area contributed by atoms with Crippen LogP contribution in [0.15, 0.2) is 0 Å². The zero-order valence-electron chi connectivity index (χ0n) is 10.9. The van der Waals surface area contributed by atoms with Gasteiger partial charge in [0.05, 0.1) is 19.3 Å². The van der Waals surface area contributed by atoms with E-state index in [0.29, 0.717) is 26.1 Å². The van der Waals surface area contributed by atoms with Gasteiger partial charge < -0.3 is 14.6 Å². The highest BCUT2D eigenvalue weighted by atomic mass is 16.6. The highest BCUT2D eigenvalue weighted by Crippen LogP contribution is 2.30. The molecule has 1 aliphatic rings. The summed E-state index contributed by atoms with van der Waals surface area (Å²) in [5.41, 5.74) is -0.961. The standard InChI is InChI=1S/C13H24O4/c1-11(2)16-9-10-17-13(12(14)15)7-5-3-4-6-8-13/h11H,3-10H2,1-2H3,(H,14,15). The molecule has 0 unspecified atom stereocenters. The Bertz CT molecular complexity index is 230. The molecular formula is C13H24O4. The van der Waals surface area contributed by atoms with Crippen LogP contribution in [0.1, 0.15) is 52.4 Å². The number of carbonyl (C=O) groups is 1. The van der Waals surface area contributed by atoms with Gasteiger partial charge in [0.2, 0.25) is 0 Å². The summed E-state index contributed by atoms with van der Waals surface area (Å²) >= 11 is 0. The smallest absolute Gasteiger partial charge is 0.335 e. The molecule has 0 saturated heterocycles. The Hall–Kier alpha value is -0.610. The van der Waals surface area contributed by atoms with Crippen LogP contribution in [0, 0.1) is 0 Å². The van der Waals surface area contributed by atoms with Gasteiger partial charge in [-0.3, -0.25) is 0 Å². The Kier molecular flexibility index (Phi) is 5.92. The topological polar surface area (TPSA) is 55.8 Å². The van der Waals surface area contributed by atoms with E-state index in [1.165, 1.54) is 0 Å². The molecule has 0 aliphatic heterocycles. The first-order chi connectivity index (χ1) is 8.07. The zero-order chi connectivity index (χ0) is 12.7. The Labute approximate surface area is 103 Å². The molecule has 0 radical (unpaired) electrons. The van der Waals surface area contributed by atoms with Gasteiger partial charge in [-0.2, -0.15) is 0 Å². The normalized spacial score (nSPS) is 20.2. The van der Waals surface area contributed by atoms with E-state index in [1.807, 2.05) is 13.8 Å². The molecule has 0 spiro atoms. The minimum absolute atomic E-state index is 0.161. The van der Waals surface area contributed by atoms with E-state index in [2.05, 4.69) is 0 Å². The predicted molar refractivity (Wildman–Crippen MR) is 65.1 cm³/mol. The molecule has 4 nitrogen and oxygen atoms in total. The van der Waals surface area contributed by atoms with Crippen molar-refractivity contribution in [3.63, 3.8) is 0 Å². The van der Waals surface area contributed by atoms with Crippen molar-refractivity contribution in [3.8, 4) is 0 Å². The molecule has 1 N–H and O–H groups in total. The molecule has 4 heteroatoms. The van der Waals surface area contributed by atoms with Gasteiger partial charge >= 0.3 is 5.97 Å². The van der Waals surface area contributed by atoms with Crippen molar-refractivity contribution in [2.24, 2.45) is 0 Å². The van der Waals surface area contributed by atoms with Gasteiger partial charge in [0.15, 0.2) is 5.60 Å². The molecular weight excluding hydrogens is 220 g/mol. The summed E-state index contributed by atoms with van der Waals surface area (Å²) < 4.78 is 11.0. The van der Waals surface area contributed by atoms with E-state index in [4.69, 9.17) is 9.47 Å². The minimum Gasteiger partial charge on any atom is -0.479 e. The van der Waals surface area contributed by atoms with Gasteiger partial charge in [-0.05, 0) is 39.5 Å². The van der Waals surface area contributed by atoms with E-state index in [9.17, 15) is 9.90 Å². The lowest BCUT2D eigenvalue weighted by molar-refractivity contribution is -0.170. The lowest BCUT2D eigenvalue weighted by Crippen LogP contribution is -2.42. The molecule has 100 valence electrons. The van der Waals surface area contributed by atoms with Crippen LogP contribution in [0.3, 0.4) is 0 Å². The molecule has 0 atom stereocenters. The van der Waals surface area contributed by atoms with Crippen LogP contribution in [-0.2, 0) is 14.3 Å². The van der Waals surface area contributed by atoms with Crippen molar-refractivity contribution in [1.29, 1.82) is 0 Å². The highest BCUT2D eigenvalue weighted by molar-refractivity contribution is 5.77. The summed E-state index contributed by atoms with van der Waals surface area (Å²) in [7, 11) is 0. The molecule has 1 fully saturated rings. The highest BCUT2D eigenvalue weighted by Gasteiger charge is 2.39. The third-order valence-electron chi connectivity index (χ3n) is 3.21. The SMILES string of the molecule is CC(C)OCCOC1(C(=O)O)CCCCCC1. The van der Waals surface area contributed by atoms with Crippen LogP contribution < -0.4 is 0 Å². The molecule has 0 bridgehead atoms. The van der Waals surface area contributed by atoms with Crippen molar-refractivity contribution in [1.82, 2.24) is 0 Å². The van der Waals surface area contributed by atoms with Crippen LogP contribution in [0.5, 0.6) is 0 Å². The summed E-state index contributed by atoms with van der Waals surface area (Å²) in [5, 5.41) is 9.36. The fraction of sp³-hybridized carbons (Fsp3) is 0.923. The largest absolute Gasteiger partial charge is 0.479 e. The van der Waals surface area contributed by atoms with Crippen LogP contribution in [0.2, 0.25) is 0 Å². The van der Waals surface area contributed by atoms with E-state index < -0.39 is 11.6 Å². The number of carboxylic acids is 1. The van der Waals surface area contributed by atoms with Crippen LogP contribution in [0.25, 0.3) is 0 Å². The first kappa shape index (κ1) is 14.5. The van der Waals surface area contributed by atoms with Crippen LogP contribution in [0.4, 0.5) is 0 Å². The fourth-order valence-electron chi connectivity index (χ4n) is 2.24. The molecule has 17 heavy (non-hydrogen) atoms. The number of hydrogen-bond donors (Lipinski definition) is 1. The lowest BCUT2D eigenvalue weighted by Gasteiger charge is -2.28. The molecule has 0 amide bonds. The Morgan fingerprint density at radius 1 is 1.18 bits per heavy atom. The lowest BCUT2D eigenvalue weighted by atomic mass is 9.94. The van der Waals surface area contributed by atoms with Crippen LogP contribution >= 0.6 is 0 Å². The Morgan fingerprint density at radius 2 is 1.76 bits per heavy atom. The van der Waals surface area contributed by atoms with Crippen molar-refractivity contribution in [2.75, 3.05) is 13.2 Å². The Balaban J connectivity index is 2.44. The number of carboxylic acid groups (broad SMARTS) is 1. The summed E-state index contributed by atoms with van der Waals surface area (Å²) in [6.45, 7) is 4.74. The molecule has 1 aliphatic carbocycles. The summed E-state index contributed by atoms with van der Waals surface area (Å²) in [6.07, 6.45) is 5.53. The van der Waals surface area contributed by atoms with Gasteiger partial charge in [-0.1, -0.05) is 12.8 Å². The Morgan fingerprint density at radius 3 is 2.24 bits per heavy atom. The maximum absolute atomic E-state index is 11.4. The molecule has 0 aromatic heterocycles. The maximum atomic E-state index is 11.4. The second-order valence-electron chi connectivity index (χ2n) is 4.98. The first-order valence-corrected chi connectivity index (χ1v) is 6.56. The van der Waals surface area contributed by atoms with E-state index >= 15 is 0 Å². The molecule has 0 aromatic rings. The third kappa shape index (κ3) is 4.64. The van der Waals surface area contributed by atoms with Gasteiger partial charge in [-0.15, -0.1) is 0 Å². The van der Waals surface area contributed by atoms with E-state index in [-0.39, 0.29) is 6.10 Å².